The maximum absolute atomic E-state index is 13.3. The molecule has 0 bridgehead atoms. The summed E-state index contributed by atoms with van der Waals surface area (Å²) in [7, 11) is 0. The summed E-state index contributed by atoms with van der Waals surface area (Å²) in [5.74, 6) is 1.41. The normalized spacial score (nSPS) is 15.0. The highest BCUT2D eigenvalue weighted by Gasteiger charge is 2.27. The molecule has 1 saturated carbocycles. The standard InChI is InChI=1S/C22H25N5O2/c1-4-23-20-13(2)21(25-12-24-20)26-14(3)17-11-15-7-5-10-18(28)19(15)22(29)27(17)16-8-6-9-16/h4-5,7,10-12,14,16,28H,1,6,8-9H2,2-3H3,(H2,23,24,25,26)/t14-/m0/s1. The average Bonchev–Trinajstić information content (AvgIpc) is 2.65. The van der Waals surface area contributed by atoms with Crippen LogP contribution in [0.4, 0.5) is 11.6 Å². The van der Waals surface area contributed by atoms with Gasteiger partial charge < -0.3 is 20.3 Å². The Morgan fingerprint density at radius 2 is 2.07 bits per heavy atom. The summed E-state index contributed by atoms with van der Waals surface area (Å²) >= 11 is 0. The minimum Gasteiger partial charge on any atom is -0.507 e. The van der Waals surface area contributed by atoms with E-state index in [1.165, 1.54) is 6.33 Å². The number of nitrogens with zero attached hydrogens (tertiary/aromatic N) is 3. The Bertz CT molecular complexity index is 1130. The number of anilines is 2. The van der Waals surface area contributed by atoms with Gasteiger partial charge in [-0.05, 0) is 56.8 Å². The molecule has 3 aromatic rings. The van der Waals surface area contributed by atoms with Crippen molar-refractivity contribution < 1.29 is 5.11 Å². The third kappa shape index (κ3) is 3.33. The number of benzene rings is 1. The molecule has 2 aromatic heterocycles. The van der Waals surface area contributed by atoms with Crippen molar-refractivity contribution in [3.8, 4) is 5.75 Å². The molecular formula is C22H25N5O2. The summed E-state index contributed by atoms with van der Waals surface area (Å²) in [4.78, 5) is 21.9. The number of rotatable bonds is 6. The number of hydrogen-bond donors (Lipinski definition) is 3. The minimum atomic E-state index is -0.166. The molecule has 3 N–H and O–H groups in total. The molecule has 0 spiro atoms. The van der Waals surface area contributed by atoms with Crippen LogP contribution in [0.5, 0.6) is 5.75 Å². The van der Waals surface area contributed by atoms with E-state index in [1.54, 1.807) is 18.3 Å². The second-order valence-corrected chi connectivity index (χ2v) is 7.48. The molecule has 1 aliphatic rings. The molecular weight excluding hydrogens is 366 g/mol. The Hall–Kier alpha value is -3.35. The van der Waals surface area contributed by atoms with Gasteiger partial charge >= 0.3 is 0 Å². The van der Waals surface area contributed by atoms with Gasteiger partial charge in [0.15, 0.2) is 0 Å². The van der Waals surface area contributed by atoms with E-state index < -0.39 is 0 Å². The van der Waals surface area contributed by atoms with Crippen molar-refractivity contribution in [1.29, 1.82) is 0 Å². The molecule has 1 aliphatic carbocycles. The van der Waals surface area contributed by atoms with Crippen LogP contribution in [0.1, 0.15) is 49.5 Å². The van der Waals surface area contributed by atoms with Gasteiger partial charge in [0, 0.05) is 17.3 Å². The first-order valence-corrected chi connectivity index (χ1v) is 9.84. The second-order valence-electron chi connectivity index (χ2n) is 7.48. The molecule has 0 aliphatic heterocycles. The number of pyridine rings is 1. The fourth-order valence-corrected chi connectivity index (χ4v) is 3.85. The lowest BCUT2D eigenvalue weighted by Crippen LogP contribution is -2.33. The first kappa shape index (κ1) is 19.0. The van der Waals surface area contributed by atoms with Crippen molar-refractivity contribution in [3.63, 3.8) is 0 Å². The fourth-order valence-electron chi connectivity index (χ4n) is 3.85. The summed E-state index contributed by atoms with van der Waals surface area (Å²) in [5, 5.41) is 17.8. The van der Waals surface area contributed by atoms with Gasteiger partial charge in [-0.25, -0.2) is 9.97 Å². The predicted molar refractivity (Wildman–Crippen MR) is 115 cm³/mol. The van der Waals surface area contributed by atoms with E-state index in [-0.39, 0.29) is 23.4 Å². The van der Waals surface area contributed by atoms with Crippen molar-refractivity contribution in [1.82, 2.24) is 14.5 Å². The van der Waals surface area contributed by atoms with E-state index in [1.807, 2.05) is 30.5 Å². The first-order chi connectivity index (χ1) is 14.0. The highest BCUT2D eigenvalue weighted by atomic mass is 16.3. The third-order valence-corrected chi connectivity index (χ3v) is 5.65. The number of hydrogen-bond acceptors (Lipinski definition) is 6. The highest BCUT2D eigenvalue weighted by Crippen LogP contribution is 2.35. The maximum Gasteiger partial charge on any atom is 0.262 e. The summed E-state index contributed by atoms with van der Waals surface area (Å²) in [6.45, 7) is 7.62. The van der Waals surface area contributed by atoms with Crippen LogP contribution in [0.25, 0.3) is 10.8 Å². The molecule has 29 heavy (non-hydrogen) atoms. The van der Waals surface area contributed by atoms with Gasteiger partial charge in [-0.1, -0.05) is 18.7 Å². The van der Waals surface area contributed by atoms with Gasteiger partial charge in [0.25, 0.3) is 5.56 Å². The van der Waals surface area contributed by atoms with Gasteiger partial charge in [-0.2, -0.15) is 0 Å². The Morgan fingerprint density at radius 3 is 2.76 bits per heavy atom. The molecule has 150 valence electrons. The quantitative estimate of drug-likeness (QED) is 0.581. The van der Waals surface area contributed by atoms with E-state index in [0.717, 1.165) is 35.9 Å². The number of phenols is 1. The van der Waals surface area contributed by atoms with Crippen LogP contribution in [0, 0.1) is 6.92 Å². The molecule has 1 fully saturated rings. The first-order valence-electron chi connectivity index (χ1n) is 9.84. The number of aromatic nitrogens is 3. The molecule has 0 unspecified atom stereocenters. The second kappa shape index (κ2) is 7.58. The number of nitrogens with one attached hydrogen (secondary N) is 2. The van der Waals surface area contributed by atoms with Gasteiger partial charge in [-0.15, -0.1) is 0 Å². The highest BCUT2D eigenvalue weighted by molar-refractivity contribution is 5.87. The van der Waals surface area contributed by atoms with E-state index in [4.69, 9.17) is 0 Å². The lowest BCUT2D eigenvalue weighted by Gasteiger charge is -2.32. The zero-order chi connectivity index (χ0) is 20.5. The van der Waals surface area contributed by atoms with Crippen LogP contribution >= 0.6 is 0 Å². The van der Waals surface area contributed by atoms with Gasteiger partial charge in [0.2, 0.25) is 0 Å². The van der Waals surface area contributed by atoms with E-state index in [2.05, 4.69) is 27.2 Å². The monoisotopic (exact) mass is 391 g/mol. The van der Waals surface area contributed by atoms with Crippen molar-refractivity contribution in [2.45, 2.75) is 45.2 Å². The smallest absolute Gasteiger partial charge is 0.262 e. The van der Waals surface area contributed by atoms with Gasteiger partial charge in [0.1, 0.15) is 23.7 Å². The Morgan fingerprint density at radius 1 is 1.31 bits per heavy atom. The Kier molecular flexibility index (Phi) is 4.96. The van der Waals surface area contributed by atoms with E-state index in [9.17, 15) is 9.90 Å². The van der Waals surface area contributed by atoms with Crippen LogP contribution in [0.2, 0.25) is 0 Å². The van der Waals surface area contributed by atoms with E-state index >= 15 is 0 Å². The fraction of sp³-hybridized carbons (Fsp3) is 0.318. The molecule has 0 radical (unpaired) electrons. The Labute approximate surface area is 169 Å². The van der Waals surface area contributed by atoms with Crippen LogP contribution in [-0.4, -0.2) is 19.6 Å². The lowest BCUT2D eigenvalue weighted by molar-refractivity contribution is 0.298. The summed E-state index contributed by atoms with van der Waals surface area (Å²) in [5.41, 5.74) is 1.62. The largest absolute Gasteiger partial charge is 0.507 e. The zero-order valence-corrected chi connectivity index (χ0v) is 16.6. The zero-order valence-electron chi connectivity index (χ0n) is 16.6. The third-order valence-electron chi connectivity index (χ3n) is 5.65. The molecule has 0 saturated heterocycles. The molecule has 1 atom stereocenters. The summed E-state index contributed by atoms with van der Waals surface area (Å²) in [6.07, 6.45) is 6.12. The van der Waals surface area contributed by atoms with Gasteiger partial charge in [0.05, 0.1) is 11.4 Å². The molecule has 7 nitrogen and oxygen atoms in total. The molecule has 2 heterocycles. The summed E-state index contributed by atoms with van der Waals surface area (Å²) in [6, 6.07) is 7.17. The number of phenolic OH excluding ortho intramolecular Hbond substituents is 1. The van der Waals surface area contributed by atoms with Crippen molar-refractivity contribution in [2.75, 3.05) is 10.6 Å². The van der Waals surface area contributed by atoms with Crippen LogP contribution in [0.15, 0.2) is 48.2 Å². The van der Waals surface area contributed by atoms with Crippen molar-refractivity contribution in [3.05, 3.63) is 65.0 Å². The average molecular weight is 391 g/mol. The summed E-state index contributed by atoms with van der Waals surface area (Å²) < 4.78 is 1.85. The molecule has 0 amide bonds. The van der Waals surface area contributed by atoms with Crippen LogP contribution < -0.4 is 16.2 Å². The van der Waals surface area contributed by atoms with Crippen molar-refractivity contribution >= 4 is 22.4 Å². The number of fused-ring (bicyclic) bond motifs is 1. The molecule has 1 aromatic carbocycles. The number of aromatic hydroxyl groups is 1. The Balaban J connectivity index is 1.80. The SMILES string of the molecule is C=CNc1ncnc(N[C@@H](C)c2cc3cccc(O)c3c(=O)n2C2CCC2)c1C. The van der Waals surface area contributed by atoms with Crippen molar-refractivity contribution in [2.24, 2.45) is 0 Å². The van der Waals surface area contributed by atoms with Crippen LogP contribution in [-0.2, 0) is 0 Å². The van der Waals surface area contributed by atoms with Gasteiger partial charge in [-0.3, -0.25) is 4.79 Å². The predicted octanol–water partition coefficient (Wildman–Crippen LogP) is 4.26. The minimum absolute atomic E-state index is 0.0273. The van der Waals surface area contributed by atoms with E-state index in [0.29, 0.717) is 17.0 Å². The maximum atomic E-state index is 13.3. The van der Waals surface area contributed by atoms with Crippen LogP contribution in [0.3, 0.4) is 0 Å². The molecule has 7 heteroatoms. The molecule has 4 rings (SSSR count). The topological polar surface area (TPSA) is 92.1 Å². The lowest BCUT2D eigenvalue weighted by atomic mass is 9.91.